The summed E-state index contributed by atoms with van der Waals surface area (Å²) in [5.74, 6) is 0.969. The van der Waals surface area contributed by atoms with Crippen LogP contribution in [0, 0.1) is 0 Å². The second-order valence-corrected chi connectivity index (χ2v) is 7.65. The summed E-state index contributed by atoms with van der Waals surface area (Å²) in [6.07, 6.45) is 3.71. The lowest BCUT2D eigenvalue weighted by Crippen LogP contribution is -1.99. The first-order valence-electron chi connectivity index (χ1n) is 6.63. The van der Waals surface area contributed by atoms with Crippen molar-refractivity contribution in [3.63, 3.8) is 0 Å². The van der Waals surface area contributed by atoms with Gasteiger partial charge < -0.3 is 0 Å². The lowest BCUT2D eigenvalue weighted by atomic mass is 10.2. The van der Waals surface area contributed by atoms with E-state index in [1.165, 1.54) is 0 Å². The summed E-state index contributed by atoms with van der Waals surface area (Å²) in [5.41, 5.74) is 2.86. The van der Waals surface area contributed by atoms with Crippen LogP contribution in [0.25, 0.3) is 10.6 Å². The van der Waals surface area contributed by atoms with Crippen LogP contribution in [0.5, 0.6) is 0 Å². The third-order valence-electron chi connectivity index (χ3n) is 3.05. The Morgan fingerprint density at radius 3 is 2.73 bits per heavy atom. The summed E-state index contributed by atoms with van der Waals surface area (Å²) in [4.78, 5) is 4.54. The van der Waals surface area contributed by atoms with Crippen molar-refractivity contribution < 1.29 is 4.21 Å². The topological polar surface area (TPSA) is 47.8 Å². The Balaban J connectivity index is 1.64. The highest BCUT2D eigenvalue weighted by Gasteiger charge is 2.10. The fraction of sp³-hybridized carbons (Fsp3) is 0.200. The number of hydrogen-bond acceptors (Lipinski definition) is 4. The quantitative estimate of drug-likeness (QED) is 0.705. The Morgan fingerprint density at radius 1 is 1.27 bits per heavy atom. The van der Waals surface area contributed by atoms with Crippen LogP contribution in [0.3, 0.4) is 0 Å². The molecule has 3 rings (SSSR count). The molecule has 7 heteroatoms. The van der Waals surface area contributed by atoms with Gasteiger partial charge >= 0.3 is 0 Å². The van der Waals surface area contributed by atoms with E-state index >= 15 is 0 Å². The van der Waals surface area contributed by atoms with Gasteiger partial charge in [-0.15, -0.1) is 11.3 Å². The molecule has 0 saturated carbocycles. The number of aromatic nitrogens is 3. The largest absolute Gasteiger partial charge is 0.275 e. The number of aryl methyl sites for hydroxylation is 1. The Morgan fingerprint density at radius 2 is 2.05 bits per heavy atom. The fourth-order valence-electron chi connectivity index (χ4n) is 2.02. The Bertz CT molecular complexity index is 795. The normalized spacial score (nSPS) is 12.5. The summed E-state index contributed by atoms with van der Waals surface area (Å²) in [5, 5.41) is 7.70. The maximum Gasteiger partial charge on any atom is 0.126 e. The molecule has 0 saturated heterocycles. The number of halogens is 1. The molecule has 4 nitrogen and oxygen atoms in total. The van der Waals surface area contributed by atoms with Crippen molar-refractivity contribution >= 4 is 33.7 Å². The molecular weight excluding hydrogens is 338 g/mol. The first kappa shape index (κ1) is 15.4. The van der Waals surface area contributed by atoms with Crippen LogP contribution in [0.15, 0.2) is 42.0 Å². The molecule has 2 aromatic heterocycles. The minimum absolute atomic E-state index is 0.458. The second kappa shape index (κ2) is 6.73. The van der Waals surface area contributed by atoms with E-state index in [-0.39, 0.29) is 0 Å². The molecule has 22 heavy (non-hydrogen) atoms. The van der Waals surface area contributed by atoms with E-state index in [2.05, 4.69) is 10.1 Å². The van der Waals surface area contributed by atoms with Gasteiger partial charge in [0.05, 0.1) is 17.6 Å². The number of hydrogen-bond donors (Lipinski definition) is 0. The number of nitrogens with zero attached hydrogens (tertiary/aromatic N) is 3. The molecule has 0 amide bonds. The van der Waals surface area contributed by atoms with Gasteiger partial charge in [0.15, 0.2) is 0 Å². The highest BCUT2D eigenvalue weighted by atomic mass is 35.5. The zero-order chi connectivity index (χ0) is 15.5. The van der Waals surface area contributed by atoms with E-state index < -0.39 is 10.8 Å². The average Bonchev–Trinajstić information content (AvgIpc) is 3.10. The van der Waals surface area contributed by atoms with Gasteiger partial charge in [-0.3, -0.25) is 8.89 Å². The monoisotopic (exact) mass is 351 g/mol. The SMILES string of the molecule is Cn1cc(-c2nc(CS(=O)Cc3ccc(Cl)cc3)cs2)cn1. The molecule has 0 radical (unpaired) electrons. The summed E-state index contributed by atoms with van der Waals surface area (Å²) < 4.78 is 14.0. The van der Waals surface area contributed by atoms with Gasteiger partial charge in [0, 0.05) is 45.8 Å². The Labute approximate surface area is 140 Å². The summed E-state index contributed by atoms with van der Waals surface area (Å²) in [7, 11) is 0.888. The number of thiazole rings is 1. The van der Waals surface area contributed by atoms with E-state index in [0.29, 0.717) is 16.5 Å². The average molecular weight is 352 g/mol. The Kier molecular flexibility index (Phi) is 4.71. The highest BCUT2D eigenvalue weighted by Crippen LogP contribution is 2.23. The molecule has 0 aliphatic heterocycles. The predicted octanol–water partition coefficient (Wildman–Crippen LogP) is 3.65. The summed E-state index contributed by atoms with van der Waals surface area (Å²) in [6.45, 7) is 0. The number of benzene rings is 1. The van der Waals surface area contributed by atoms with Crippen molar-refractivity contribution in [2.75, 3.05) is 0 Å². The van der Waals surface area contributed by atoms with Crippen LogP contribution in [0.4, 0.5) is 0 Å². The maximum absolute atomic E-state index is 12.2. The molecule has 1 atom stereocenters. The summed E-state index contributed by atoms with van der Waals surface area (Å²) in [6, 6.07) is 7.44. The zero-order valence-electron chi connectivity index (χ0n) is 11.9. The van der Waals surface area contributed by atoms with Gasteiger partial charge in [0.25, 0.3) is 0 Å². The second-order valence-electron chi connectivity index (χ2n) is 4.90. The number of rotatable bonds is 5. The van der Waals surface area contributed by atoms with Crippen LogP contribution in [0.1, 0.15) is 11.3 Å². The predicted molar refractivity (Wildman–Crippen MR) is 91.3 cm³/mol. The van der Waals surface area contributed by atoms with Gasteiger partial charge in [-0.25, -0.2) is 4.98 Å². The lowest BCUT2D eigenvalue weighted by molar-refractivity contribution is 0.681. The van der Waals surface area contributed by atoms with E-state index in [9.17, 15) is 4.21 Å². The van der Waals surface area contributed by atoms with Crippen molar-refractivity contribution in [2.24, 2.45) is 7.05 Å². The van der Waals surface area contributed by atoms with E-state index in [1.807, 2.05) is 42.9 Å². The Hall–Kier alpha value is -1.50. The molecule has 3 aromatic rings. The van der Waals surface area contributed by atoms with Crippen molar-refractivity contribution in [1.29, 1.82) is 0 Å². The van der Waals surface area contributed by atoms with Crippen LogP contribution in [0.2, 0.25) is 5.02 Å². The third kappa shape index (κ3) is 3.82. The molecule has 0 bridgehead atoms. The maximum atomic E-state index is 12.2. The van der Waals surface area contributed by atoms with Crippen LogP contribution >= 0.6 is 22.9 Å². The summed E-state index contributed by atoms with van der Waals surface area (Å²) >= 11 is 7.40. The molecule has 0 fully saturated rings. The fourth-order valence-corrected chi connectivity index (χ4v) is 4.19. The van der Waals surface area contributed by atoms with E-state index in [4.69, 9.17) is 11.6 Å². The lowest BCUT2D eigenvalue weighted by Gasteiger charge is -2.01. The molecular formula is C15H14ClN3OS2. The van der Waals surface area contributed by atoms with E-state index in [1.54, 1.807) is 22.2 Å². The van der Waals surface area contributed by atoms with Crippen LogP contribution in [-0.2, 0) is 29.4 Å². The van der Waals surface area contributed by atoms with Gasteiger partial charge in [-0.2, -0.15) is 5.10 Å². The van der Waals surface area contributed by atoms with Gasteiger partial charge in [0.1, 0.15) is 5.01 Å². The van der Waals surface area contributed by atoms with Crippen molar-refractivity contribution in [1.82, 2.24) is 14.8 Å². The first-order valence-corrected chi connectivity index (χ1v) is 9.37. The van der Waals surface area contributed by atoms with Crippen LogP contribution in [-0.4, -0.2) is 19.0 Å². The molecule has 114 valence electrons. The molecule has 1 aromatic carbocycles. The third-order valence-corrected chi connectivity index (χ3v) is 5.52. The standard InChI is InChI=1S/C15H14ClN3OS2/c1-19-7-12(6-17-19)15-18-14(8-21-15)10-22(20)9-11-2-4-13(16)5-3-11/h2-8H,9-10H2,1H3. The van der Waals surface area contributed by atoms with Crippen LogP contribution < -0.4 is 0 Å². The molecule has 0 spiro atoms. The molecule has 0 aliphatic carbocycles. The van der Waals surface area contributed by atoms with Crippen molar-refractivity contribution in [3.8, 4) is 10.6 Å². The van der Waals surface area contributed by atoms with Crippen molar-refractivity contribution in [3.05, 3.63) is 58.3 Å². The molecule has 0 aliphatic rings. The first-order chi connectivity index (χ1) is 10.6. The molecule has 0 N–H and O–H groups in total. The van der Waals surface area contributed by atoms with Gasteiger partial charge in [-0.05, 0) is 17.7 Å². The van der Waals surface area contributed by atoms with Gasteiger partial charge in [0.2, 0.25) is 0 Å². The zero-order valence-corrected chi connectivity index (χ0v) is 14.3. The van der Waals surface area contributed by atoms with Gasteiger partial charge in [-0.1, -0.05) is 23.7 Å². The molecule has 2 heterocycles. The van der Waals surface area contributed by atoms with E-state index in [0.717, 1.165) is 21.8 Å². The minimum Gasteiger partial charge on any atom is -0.275 e. The minimum atomic E-state index is -0.986. The highest BCUT2D eigenvalue weighted by molar-refractivity contribution is 7.83. The smallest absolute Gasteiger partial charge is 0.126 e. The van der Waals surface area contributed by atoms with Crippen molar-refractivity contribution in [2.45, 2.75) is 11.5 Å². The molecule has 1 unspecified atom stereocenters.